The Kier molecular flexibility index (Phi) is 12.2. The molecule has 29 heteroatoms. The monoisotopic (exact) mass is 825 g/mol. The first-order chi connectivity index (χ1) is 20.6. The molecule has 0 saturated heterocycles. The molecule has 0 spiro atoms. The molecule has 0 aliphatic heterocycles. The lowest BCUT2D eigenvalue weighted by Gasteiger charge is -2.41. The SMILES string of the molecule is C[Si](C)(CCC(F)(F)C(F)(F)C(F)(F)C(F)(F)C(F)(F)C(F)(F)F)N[Si](C)(C)CCC(F)(F)C(F)(F)C(F)(F)C(F)(F)C(F)(F)C(F)(F)F. The van der Waals surface area contributed by atoms with Crippen molar-refractivity contribution in [3.8, 4) is 0 Å². The van der Waals surface area contributed by atoms with Crippen LogP contribution in [0.25, 0.3) is 0 Å². The van der Waals surface area contributed by atoms with Crippen molar-refractivity contribution >= 4 is 16.5 Å². The number of hydrogen-bond donors (Lipinski definition) is 1. The molecular weight excluding hydrogens is 804 g/mol. The Morgan fingerprint density at radius 1 is 0.306 bits per heavy atom. The Morgan fingerprint density at radius 3 is 0.673 bits per heavy atom. The van der Waals surface area contributed by atoms with E-state index >= 15 is 0 Å². The van der Waals surface area contributed by atoms with Crippen LogP contribution in [0.1, 0.15) is 12.8 Å². The summed E-state index contributed by atoms with van der Waals surface area (Å²) in [4.78, 5) is 0. The standard InChI is InChI=1S/C20H21F26NSi2/c1-48(2,7-5-9(21,22)11(25,26)13(29,30)15(33,34)17(37,38)19(41,42)43)47-49(3,4)8-6-10(23,24)12(27,28)14(31,32)16(35,36)18(39,40)20(44,45)46/h47H,5-8H2,1-4H3. The van der Waals surface area contributed by atoms with E-state index < -0.39 is 113 Å². The Balaban J connectivity index is 6.14. The fourth-order valence-electron chi connectivity index (χ4n) is 3.90. The topological polar surface area (TPSA) is 12.0 Å². The summed E-state index contributed by atoms with van der Waals surface area (Å²) in [6.45, 7) is 2.78. The molecule has 0 fully saturated rings. The van der Waals surface area contributed by atoms with Gasteiger partial charge in [0.05, 0.1) is 0 Å². The van der Waals surface area contributed by atoms with Crippen LogP contribution >= 0.6 is 0 Å². The largest absolute Gasteiger partial charge is 0.460 e. The molecule has 0 saturated carbocycles. The highest BCUT2D eigenvalue weighted by atomic mass is 28.4. The molecular formula is C20H21F26NSi2. The average Bonchev–Trinajstić information content (AvgIpc) is 2.83. The lowest BCUT2D eigenvalue weighted by molar-refractivity contribution is -0.439. The van der Waals surface area contributed by atoms with Crippen LogP contribution in [0.5, 0.6) is 0 Å². The number of rotatable bonds is 16. The second-order valence-electron chi connectivity index (χ2n) is 11.9. The molecule has 1 nitrogen and oxygen atoms in total. The predicted octanol–water partition coefficient (Wildman–Crippen LogP) is 11.2. The molecule has 0 bridgehead atoms. The summed E-state index contributed by atoms with van der Waals surface area (Å²) in [6.07, 6.45) is -20.9. The quantitative estimate of drug-likeness (QED) is 0.121. The molecule has 0 heterocycles. The van der Waals surface area contributed by atoms with Gasteiger partial charge in [0.15, 0.2) is 0 Å². The van der Waals surface area contributed by atoms with Crippen LogP contribution in [-0.2, 0) is 0 Å². The van der Waals surface area contributed by atoms with E-state index in [4.69, 9.17) is 0 Å². The lowest BCUT2D eigenvalue weighted by Crippen LogP contribution is -2.70. The minimum atomic E-state index is -8.21. The van der Waals surface area contributed by atoms with E-state index in [1.807, 2.05) is 0 Å². The normalized spacial score (nSPS) is 16.8. The van der Waals surface area contributed by atoms with Crippen molar-refractivity contribution in [2.75, 3.05) is 0 Å². The molecule has 296 valence electrons. The number of nitrogens with one attached hydrogen (secondary N) is 1. The highest BCUT2D eigenvalue weighted by Gasteiger charge is 2.92. The molecule has 49 heavy (non-hydrogen) atoms. The summed E-state index contributed by atoms with van der Waals surface area (Å²) >= 11 is 0. The summed E-state index contributed by atoms with van der Waals surface area (Å²) in [5.74, 6) is -77.2. The zero-order valence-electron chi connectivity index (χ0n) is 24.2. The van der Waals surface area contributed by atoms with E-state index in [0.717, 1.165) is 0 Å². The molecule has 0 rings (SSSR count). The molecule has 0 aliphatic rings. The zero-order valence-corrected chi connectivity index (χ0v) is 26.2. The van der Waals surface area contributed by atoms with E-state index in [1.165, 1.54) is 0 Å². The Hall–Kier alpha value is -1.43. The highest BCUT2D eigenvalue weighted by Crippen LogP contribution is 2.62. The molecule has 0 aliphatic carbocycles. The lowest BCUT2D eigenvalue weighted by atomic mass is 9.93. The van der Waals surface area contributed by atoms with Crippen molar-refractivity contribution in [3.63, 3.8) is 0 Å². The molecule has 0 aromatic rings. The van der Waals surface area contributed by atoms with Gasteiger partial charge >= 0.3 is 71.6 Å². The second-order valence-corrected chi connectivity index (χ2v) is 21.4. The van der Waals surface area contributed by atoms with Gasteiger partial charge in [0, 0.05) is 12.8 Å². The maximum Gasteiger partial charge on any atom is 0.460 e. The summed E-state index contributed by atoms with van der Waals surface area (Å²) < 4.78 is 348. The first kappa shape index (κ1) is 47.6. The number of alkyl halides is 26. The zero-order chi connectivity index (χ0) is 40.5. The third-order valence-corrected chi connectivity index (χ3v) is 15.2. The van der Waals surface area contributed by atoms with E-state index in [1.54, 1.807) is 0 Å². The Morgan fingerprint density at radius 2 is 0.490 bits per heavy atom. The van der Waals surface area contributed by atoms with Gasteiger partial charge in [-0.2, -0.15) is 114 Å². The minimum absolute atomic E-state index is 0.696. The van der Waals surface area contributed by atoms with Gasteiger partial charge < -0.3 is 4.65 Å². The van der Waals surface area contributed by atoms with Crippen LogP contribution in [0.2, 0.25) is 38.3 Å². The van der Waals surface area contributed by atoms with Crippen molar-refractivity contribution < 1.29 is 114 Å². The molecule has 0 atom stereocenters. The first-order valence-electron chi connectivity index (χ1n) is 12.3. The number of hydrogen-bond acceptors (Lipinski definition) is 1. The van der Waals surface area contributed by atoms with Gasteiger partial charge in [0.25, 0.3) is 0 Å². The summed E-state index contributed by atoms with van der Waals surface area (Å²) in [5, 5.41) is 0. The molecule has 0 radical (unpaired) electrons. The van der Waals surface area contributed by atoms with Gasteiger partial charge in [-0.3, -0.25) is 0 Å². The second kappa shape index (κ2) is 12.6. The van der Waals surface area contributed by atoms with Crippen molar-refractivity contribution in [2.24, 2.45) is 0 Å². The predicted molar refractivity (Wildman–Crippen MR) is 119 cm³/mol. The fourth-order valence-corrected chi connectivity index (χ4v) is 14.1. The van der Waals surface area contributed by atoms with Crippen LogP contribution in [0, 0.1) is 0 Å². The van der Waals surface area contributed by atoms with E-state index in [2.05, 4.69) is 4.65 Å². The minimum Gasteiger partial charge on any atom is -0.359 e. The van der Waals surface area contributed by atoms with Crippen LogP contribution in [0.4, 0.5) is 114 Å². The van der Waals surface area contributed by atoms with E-state index in [-0.39, 0.29) is 0 Å². The van der Waals surface area contributed by atoms with E-state index in [9.17, 15) is 114 Å². The molecule has 0 aromatic carbocycles. The van der Waals surface area contributed by atoms with Crippen molar-refractivity contribution in [1.82, 2.24) is 4.65 Å². The van der Waals surface area contributed by atoms with Gasteiger partial charge in [-0.1, -0.05) is 26.2 Å². The van der Waals surface area contributed by atoms with Crippen LogP contribution < -0.4 is 4.65 Å². The maximum absolute atomic E-state index is 14.2. The maximum atomic E-state index is 14.2. The van der Waals surface area contributed by atoms with Crippen molar-refractivity contribution in [3.05, 3.63) is 0 Å². The smallest absolute Gasteiger partial charge is 0.359 e. The first-order valence-corrected chi connectivity index (χ1v) is 18.7. The van der Waals surface area contributed by atoms with Gasteiger partial charge in [0.1, 0.15) is 16.5 Å². The fraction of sp³-hybridized carbons (Fsp3) is 1.00. The molecule has 0 unspecified atom stereocenters. The molecule has 1 N–H and O–H groups in total. The molecule has 0 amide bonds. The Bertz CT molecular complexity index is 1060. The third kappa shape index (κ3) is 7.85. The highest BCUT2D eigenvalue weighted by molar-refractivity contribution is 6.91. The molecule has 0 aromatic heterocycles. The van der Waals surface area contributed by atoms with Crippen LogP contribution in [0.3, 0.4) is 0 Å². The average molecular weight is 826 g/mol. The van der Waals surface area contributed by atoms with Crippen LogP contribution in [0.15, 0.2) is 0 Å². The van der Waals surface area contributed by atoms with Gasteiger partial charge in [-0.15, -0.1) is 0 Å². The van der Waals surface area contributed by atoms with E-state index in [0.29, 0.717) is 26.2 Å². The van der Waals surface area contributed by atoms with Crippen LogP contribution in [-0.4, -0.2) is 88.0 Å². The van der Waals surface area contributed by atoms with Crippen molar-refractivity contribution in [1.29, 1.82) is 0 Å². The summed E-state index contributed by atoms with van der Waals surface area (Å²) in [5.41, 5.74) is 0. The van der Waals surface area contributed by atoms with Gasteiger partial charge in [-0.25, -0.2) is 0 Å². The summed E-state index contributed by atoms with van der Waals surface area (Å²) in [7, 11) is -8.28. The van der Waals surface area contributed by atoms with Gasteiger partial charge in [0.2, 0.25) is 0 Å². The Labute approximate surface area is 258 Å². The van der Waals surface area contributed by atoms with Crippen molar-refractivity contribution in [2.45, 2.75) is 123 Å². The van der Waals surface area contributed by atoms with Gasteiger partial charge in [-0.05, 0) is 12.1 Å². The third-order valence-electron chi connectivity index (χ3n) is 6.80. The number of halogens is 26. The summed E-state index contributed by atoms with van der Waals surface area (Å²) in [6, 6.07) is -3.26.